The highest BCUT2D eigenvalue weighted by Gasteiger charge is 2.42. The molecule has 1 aromatic heterocycles. The van der Waals surface area contributed by atoms with Gasteiger partial charge in [-0.2, -0.15) is 5.10 Å². The molecule has 4 rings (SSSR count). The number of rotatable bonds is 4. The van der Waals surface area contributed by atoms with Gasteiger partial charge in [0.2, 0.25) is 11.8 Å². The van der Waals surface area contributed by atoms with E-state index in [1.54, 1.807) is 33.8 Å². The first-order chi connectivity index (χ1) is 13.9. The van der Waals surface area contributed by atoms with Crippen LogP contribution < -0.4 is 10.2 Å². The molecule has 8 nitrogen and oxygen atoms in total. The lowest BCUT2D eigenvalue weighted by Gasteiger charge is -2.25. The van der Waals surface area contributed by atoms with Crippen molar-refractivity contribution in [3.8, 4) is 0 Å². The quantitative estimate of drug-likeness (QED) is 0.845. The van der Waals surface area contributed by atoms with Crippen LogP contribution in [0, 0.1) is 13.8 Å². The molecule has 0 saturated carbocycles. The SMILES string of the molecule is Cc1nn(C)c(C)c1CNC(=O)CN1C(=O)C2CCCN2C(=O)c2ccccc21. The Balaban J connectivity index is 1.56. The van der Waals surface area contributed by atoms with Crippen molar-refractivity contribution in [1.82, 2.24) is 20.0 Å². The molecule has 2 aliphatic rings. The summed E-state index contributed by atoms with van der Waals surface area (Å²) in [6.45, 7) is 4.66. The number of aryl methyl sites for hydroxylation is 2. The van der Waals surface area contributed by atoms with E-state index < -0.39 is 6.04 Å². The van der Waals surface area contributed by atoms with Crippen molar-refractivity contribution in [2.75, 3.05) is 18.0 Å². The van der Waals surface area contributed by atoms with Crippen LogP contribution in [0.25, 0.3) is 0 Å². The zero-order valence-corrected chi connectivity index (χ0v) is 16.9. The van der Waals surface area contributed by atoms with Crippen molar-refractivity contribution in [1.29, 1.82) is 0 Å². The second-order valence-corrected chi connectivity index (χ2v) is 7.65. The monoisotopic (exact) mass is 395 g/mol. The second kappa shape index (κ2) is 7.35. The maximum atomic E-state index is 13.2. The number of carbonyl (C=O) groups excluding carboxylic acids is 3. The van der Waals surface area contributed by atoms with Crippen LogP contribution in [0.15, 0.2) is 24.3 Å². The molecular weight excluding hydrogens is 370 g/mol. The number of benzene rings is 1. The Labute approximate surface area is 169 Å². The molecule has 1 N–H and O–H groups in total. The van der Waals surface area contributed by atoms with E-state index in [0.717, 1.165) is 23.4 Å². The van der Waals surface area contributed by atoms with Gasteiger partial charge in [0.15, 0.2) is 0 Å². The molecule has 0 radical (unpaired) electrons. The topological polar surface area (TPSA) is 87.5 Å². The van der Waals surface area contributed by atoms with Gasteiger partial charge < -0.3 is 15.1 Å². The summed E-state index contributed by atoms with van der Waals surface area (Å²) in [5.41, 5.74) is 3.80. The lowest BCUT2D eigenvalue weighted by atomic mass is 10.1. The average molecular weight is 395 g/mol. The smallest absolute Gasteiger partial charge is 0.256 e. The largest absolute Gasteiger partial charge is 0.350 e. The second-order valence-electron chi connectivity index (χ2n) is 7.65. The molecule has 152 valence electrons. The summed E-state index contributed by atoms with van der Waals surface area (Å²) in [5.74, 6) is -0.597. The Hall–Kier alpha value is -3.16. The molecule has 3 amide bonds. The van der Waals surface area contributed by atoms with E-state index in [-0.39, 0.29) is 24.3 Å². The van der Waals surface area contributed by atoms with E-state index in [4.69, 9.17) is 0 Å². The number of carbonyl (C=O) groups is 3. The normalized spacial score (nSPS) is 18.5. The molecule has 0 bridgehead atoms. The van der Waals surface area contributed by atoms with Crippen molar-refractivity contribution >= 4 is 23.4 Å². The molecule has 0 spiro atoms. The minimum absolute atomic E-state index is 0.119. The minimum atomic E-state index is -0.495. The third kappa shape index (κ3) is 3.28. The predicted octanol–water partition coefficient (Wildman–Crippen LogP) is 1.30. The summed E-state index contributed by atoms with van der Waals surface area (Å²) >= 11 is 0. The lowest BCUT2D eigenvalue weighted by Crippen LogP contribution is -2.48. The highest BCUT2D eigenvalue weighted by atomic mass is 16.2. The van der Waals surface area contributed by atoms with Gasteiger partial charge in [-0.25, -0.2) is 0 Å². The fraction of sp³-hybridized carbons (Fsp3) is 0.429. The Morgan fingerprint density at radius 3 is 2.72 bits per heavy atom. The summed E-state index contributed by atoms with van der Waals surface area (Å²) < 4.78 is 1.78. The number of nitrogens with zero attached hydrogens (tertiary/aromatic N) is 4. The Morgan fingerprint density at radius 2 is 2.00 bits per heavy atom. The predicted molar refractivity (Wildman–Crippen MR) is 107 cm³/mol. The standard InChI is InChI=1S/C21H25N5O3/c1-13-16(14(2)24(3)23-13)11-22-19(27)12-26-17-8-5-4-7-15(17)20(28)25-10-6-9-18(25)21(26)29/h4-5,7-8,18H,6,9-12H2,1-3H3,(H,22,27). The Kier molecular flexibility index (Phi) is 4.86. The minimum Gasteiger partial charge on any atom is -0.350 e. The first kappa shape index (κ1) is 19.2. The van der Waals surface area contributed by atoms with Gasteiger partial charge in [-0.3, -0.25) is 19.1 Å². The Bertz CT molecular complexity index is 996. The van der Waals surface area contributed by atoms with Gasteiger partial charge in [-0.05, 0) is 38.8 Å². The average Bonchev–Trinajstić information content (AvgIpc) is 3.27. The zero-order valence-electron chi connectivity index (χ0n) is 16.9. The van der Waals surface area contributed by atoms with E-state index in [1.807, 2.05) is 20.9 Å². The van der Waals surface area contributed by atoms with E-state index in [2.05, 4.69) is 10.4 Å². The Morgan fingerprint density at radius 1 is 1.24 bits per heavy atom. The molecule has 3 heterocycles. The maximum Gasteiger partial charge on any atom is 0.256 e. The molecule has 0 aliphatic carbocycles. The van der Waals surface area contributed by atoms with Crippen LogP contribution >= 0.6 is 0 Å². The van der Waals surface area contributed by atoms with E-state index in [1.165, 1.54) is 4.90 Å². The van der Waals surface area contributed by atoms with Crippen molar-refractivity contribution in [3.05, 3.63) is 46.8 Å². The van der Waals surface area contributed by atoms with Crippen molar-refractivity contribution in [3.63, 3.8) is 0 Å². The lowest BCUT2D eigenvalue weighted by molar-refractivity contribution is -0.125. The highest BCUT2D eigenvalue weighted by Crippen LogP contribution is 2.32. The summed E-state index contributed by atoms with van der Waals surface area (Å²) in [7, 11) is 1.87. The van der Waals surface area contributed by atoms with Gasteiger partial charge in [0.1, 0.15) is 12.6 Å². The summed E-state index contributed by atoms with van der Waals surface area (Å²) in [6, 6.07) is 6.52. The number of hydrogen-bond acceptors (Lipinski definition) is 4. The third-order valence-corrected chi connectivity index (χ3v) is 5.91. The number of amides is 3. The molecule has 2 aromatic rings. The highest BCUT2D eigenvalue weighted by molar-refractivity contribution is 6.12. The first-order valence-electron chi connectivity index (χ1n) is 9.85. The number of anilines is 1. The zero-order chi connectivity index (χ0) is 20.7. The van der Waals surface area contributed by atoms with Crippen molar-refractivity contribution in [2.45, 2.75) is 39.3 Å². The van der Waals surface area contributed by atoms with Crippen LogP contribution in [0.2, 0.25) is 0 Å². The molecule has 1 atom stereocenters. The third-order valence-electron chi connectivity index (χ3n) is 5.91. The van der Waals surface area contributed by atoms with E-state index in [9.17, 15) is 14.4 Å². The molecule has 1 unspecified atom stereocenters. The maximum absolute atomic E-state index is 13.2. The number of hydrogen-bond donors (Lipinski definition) is 1. The number of para-hydroxylation sites is 1. The first-order valence-corrected chi connectivity index (χ1v) is 9.85. The number of aromatic nitrogens is 2. The van der Waals surface area contributed by atoms with Crippen LogP contribution in [-0.2, 0) is 23.2 Å². The molecular formula is C21H25N5O3. The summed E-state index contributed by atoms with van der Waals surface area (Å²) in [6.07, 6.45) is 1.43. The fourth-order valence-electron chi connectivity index (χ4n) is 4.23. The van der Waals surface area contributed by atoms with Crippen molar-refractivity contribution in [2.24, 2.45) is 7.05 Å². The molecule has 1 aromatic carbocycles. The number of fused-ring (bicyclic) bond motifs is 2. The molecule has 1 saturated heterocycles. The van der Waals surface area contributed by atoms with Crippen LogP contribution in [-0.4, -0.2) is 51.5 Å². The van der Waals surface area contributed by atoms with Crippen molar-refractivity contribution < 1.29 is 14.4 Å². The molecule has 8 heteroatoms. The molecule has 29 heavy (non-hydrogen) atoms. The van der Waals surface area contributed by atoms with E-state index >= 15 is 0 Å². The van der Waals surface area contributed by atoms with Gasteiger partial charge in [0.05, 0.1) is 16.9 Å². The van der Waals surface area contributed by atoms with Gasteiger partial charge in [0, 0.05) is 31.4 Å². The van der Waals surface area contributed by atoms with Gasteiger partial charge >= 0.3 is 0 Å². The van der Waals surface area contributed by atoms with Gasteiger partial charge in [-0.1, -0.05) is 12.1 Å². The number of nitrogens with one attached hydrogen (secondary N) is 1. The summed E-state index contributed by atoms with van der Waals surface area (Å²) in [5, 5.41) is 7.26. The van der Waals surface area contributed by atoms with E-state index in [0.29, 0.717) is 30.8 Å². The van der Waals surface area contributed by atoms with Gasteiger partial charge in [0.25, 0.3) is 5.91 Å². The van der Waals surface area contributed by atoms with Gasteiger partial charge in [-0.15, -0.1) is 0 Å². The van der Waals surface area contributed by atoms with Crippen LogP contribution in [0.1, 0.15) is 40.2 Å². The van der Waals surface area contributed by atoms with Crippen LogP contribution in [0.3, 0.4) is 0 Å². The summed E-state index contributed by atoms with van der Waals surface area (Å²) in [4.78, 5) is 41.9. The van der Waals surface area contributed by atoms with Crippen LogP contribution in [0.5, 0.6) is 0 Å². The molecule has 2 aliphatic heterocycles. The molecule has 1 fully saturated rings. The fourth-order valence-corrected chi connectivity index (χ4v) is 4.23. The van der Waals surface area contributed by atoms with Crippen LogP contribution in [0.4, 0.5) is 5.69 Å².